The average Bonchev–Trinajstić information content (AvgIpc) is 2.59. The molecule has 0 aliphatic rings. The summed E-state index contributed by atoms with van der Waals surface area (Å²) in [7, 11) is 3.08. The molecule has 2 aromatic carbocycles. The molecule has 0 bridgehead atoms. The molecule has 22 heavy (non-hydrogen) atoms. The maximum absolute atomic E-state index is 12.0. The van der Waals surface area contributed by atoms with Crippen LogP contribution >= 0.6 is 0 Å². The number of rotatable bonds is 5. The molecule has 0 spiro atoms. The molecule has 0 radical (unpaired) electrons. The van der Waals surface area contributed by atoms with E-state index in [-0.39, 0.29) is 17.7 Å². The van der Waals surface area contributed by atoms with Gasteiger partial charge < -0.3 is 14.7 Å². The molecule has 0 atom stereocenters. The molecule has 0 fully saturated rings. The molecule has 5 nitrogen and oxygen atoms in total. The number of aliphatic hydroxyl groups excluding tert-OH is 1. The SMILES string of the molecule is COC(=O)c1c(C=O)cccc1N(C)c1ccc(CO)cc1. The highest BCUT2D eigenvalue weighted by Crippen LogP contribution is 2.29. The number of benzene rings is 2. The summed E-state index contributed by atoms with van der Waals surface area (Å²) in [5, 5.41) is 9.09. The third-order valence-corrected chi connectivity index (χ3v) is 3.46. The van der Waals surface area contributed by atoms with Crippen LogP contribution in [0.25, 0.3) is 0 Å². The van der Waals surface area contributed by atoms with Crippen LogP contribution in [-0.4, -0.2) is 31.5 Å². The smallest absolute Gasteiger partial charge is 0.340 e. The van der Waals surface area contributed by atoms with E-state index in [9.17, 15) is 9.59 Å². The first-order valence-corrected chi connectivity index (χ1v) is 6.72. The number of nitrogens with zero attached hydrogens (tertiary/aromatic N) is 1. The van der Waals surface area contributed by atoms with Gasteiger partial charge in [-0.25, -0.2) is 4.79 Å². The van der Waals surface area contributed by atoms with Crippen molar-refractivity contribution < 1.29 is 19.4 Å². The van der Waals surface area contributed by atoms with Gasteiger partial charge in [-0.15, -0.1) is 0 Å². The van der Waals surface area contributed by atoms with Crippen molar-refractivity contribution in [2.75, 3.05) is 19.1 Å². The maximum Gasteiger partial charge on any atom is 0.340 e. The van der Waals surface area contributed by atoms with Crippen molar-refractivity contribution in [2.24, 2.45) is 0 Å². The second kappa shape index (κ2) is 6.87. The van der Waals surface area contributed by atoms with Gasteiger partial charge in [-0.05, 0) is 23.8 Å². The van der Waals surface area contributed by atoms with E-state index in [2.05, 4.69) is 0 Å². The van der Waals surface area contributed by atoms with Crippen molar-refractivity contribution in [3.05, 3.63) is 59.2 Å². The molecule has 0 aliphatic heterocycles. The van der Waals surface area contributed by atoms with Crippen molar-refractivity contribution in [2.45, 2.75) is 6.61 Å². The van der Waals surface area contributed by atoms with Crippen LogP contribution in [0, 0.1) is 0 Å². The molecule has 0 unspecified atom stereocenters. The molecule has 0 saturated carbocycles. The molecule has 1 N–H and O–H groups in total. The summed E-state index contributed by atoms with van der Waals surface area (Å²) in [6, 6.07) is 12.3. The molecule has 5 heteroatoms. The predicted molar refractivity (Wildman–Crippen MR) is 83.6 cm³/mol. The summed E-state index contributed by atoms with van der Waals surface area (Å²) in [5.41, 5.74) is 2.71. The number of ether oxygens (including phenoxy) is 1. The van der Waals surface area contributed by atoms with E-state index in [0.717, 1.165) is 11.3 Å². The van der Waals surface area contributed by atoms with E-state index in [4.69, 9.17) is 9.84 Å². The molecule has 2 rings (SSSR count). The summed E-state index contributed by atoms with van der Waals surface area (Å²) in [6.45, 7) is -0.0297. The van der Waals surface area contributed by atoms with E-state index in [1.807, 2.05) is 12.1 Å². The number of carbonyl (C=O) groups is 2. The van der Waals surface area contributed by atoms with Crippen LogP contribution in [0.3, 0.4) is 0 Å². The molecule has 2 aromatic rings. The highest BCUT2D eigenvalue weighted by atomic mass is 16.5. The highest BCUT2D eigenvalue weighted by Gasteiger charge is 2.19. The minimum absolute atomic E-state index is 0.0297. The molecule has 0 saturated heterocycles. The lowest BCUT2D eigenvalue weighted by molar-refractivity contribution is 0.0599. The number of hydrogen-bond acceptors (Lipinski definition) is 5. The zero-order chi connectivity index (χ0) is 16.1. The number of aldehydes is 1. The second-order valence-corrected chi connectivity index (χ2v) is 4.73. The van der Waals surface area contributed by atoms with Crippen LogP contribution in [-0.2, 0) is 11.3 Å². The van der Waals surface area contributed by atoms with E-state index in [1.165, 1.54) is 7.11 Å². The lowest BCUT2D eigenvalue weighted by atomic mass is 10.0. The Morgan fingerprint density at radius 3 is 2.45 bits per heavy atom. The van der Waals surface area contributed by atoms with Crippen LogP contribution in [0.5, 0.6) is 0 Å². The fourth-order valence-corrected chi connectivity index (χ4v) is 2.22. The molecule has 0 heterocycles. The Hall–Kier alpha value is -2.66. The first-order valence-electron chi connectivity index (χ1n) is 6.72. The summed E-state index contributed by atoms with van der Waals surface area (Å²) < 4.78 is 4.78. The van der Waals surface area contributed by atoms with Crippen molar-refractivity contribution in [1.82, 2.24) is 0 Å². The van der Waals surface area contributed by atoms with Crippen LogP contribution in [0.4, 0.5) is 11.4 Å². The standard InChI is InChI=1S/C17H17NO4/c1-18(14-8-6-12(10-19)7-9-14)15-5-3-4-13(11-20)16(15)17(21)22-2/h3-9,11,19H,10H2,1-2H3. The number of methoxy groups -OCH3 is 1. The number of carbonyl (C=O) groups excluding carboxylic acids is 2. The number of hydrogen-bond donors (Lipinski definition) is 1. The first kappa shape index (κ1) is 15.7. The number of aliphatic hydroxyl groups is 1. The topological polar surface area (TPSA) is 66.8 Å². The summed E-state index contributed by atoms with van der Waals surface area (Å²) in [6.07, 6.45) is 0.637. The fourth-order valence-electron chi connectivity index (χ4n) is 2.22. The molecule has 114 valence electrons. The van der Waals surface area contributed by atoms with E-state index >= 15 is 0 Å². The summed E-state index contributed by atoms with van der Waals surface area (Å²) in [4.78, 5) is 25.0. The van der Waals surface area contributed by atoms with Gasteiger partial charge in [0, 0.05) is 18.3 Å². The van der Waals surface area contributed by atoms with Gasteiger partial charge in [0.1, 0.15) is 0 Å². The zero-order valence-corrected chi connectivity index (χ0v) is 12.4. The van der Waals surface area contributed by atoms with E-state index in [1.54, 1.807) is 42.3 Å². The lowest BCUT2D eigenvalue weighted by Gasteiger charge is -2.22. The van der Waals surface area contributed by atoms with Crippen molar-refractivity contribution in [1.29, 1.82) is 0 Å². The Bertz CT molecular complexity index is 680. The molecule has 0 aliphatic carbocycles. The monoisotopic (exact) mass is 299 g/mol. The minimum atomic E-state index is -0.559. The van der Waals surface area contributed by atoms with Crippen molar-refractivity contribution in [3.8, 4) is 0 Å². The Labute approximate surface area is 128 Å². The van der Waals surface area contributed by atoms with Crippen LogP contribution in [0.1, 0.15) is 26.3 Å². The average molecular weight is 299 g/mol. The third kappa shape index (κ3) is 2.99. The van der Waals surface area contributed by atoms with Gasteiger partial charge in [-0.1, -0.05) is 24.3 Å². The zero-order valence-electron chi connectivity index (χ0n) is 12.4. The maximum atomic E-state index is 12.0. The summed E-state index contributed by atoms with van der Waals surface area (Å²) in [5.74, 6) is -0.559. The Morgan fingerprint density at radius 1 is 1.23 bits per heavy atom. The molecular formula is C17H17NO4. The van der Waals surface area contributed by atoms with Gasteiger partial charge in [0.05, 0.1) is 25.0 Å². The molecule has 0 aromatic heterocycles. The van der Waals surface area contributed by atoms with Crippen LogP contribution in [0.2, 0.25) is 0 Å². The normalized spacial score (nSPS) is 10.1. The van der Waals surface area contributed by atoms with Gasteiger partial charge >= 0.3 is 5.97 Å². The quantitative estimate of drug-likeness (QED) is 0.679. The van der Waals surface area contributed by atoms with E-state index < -0.39 is 5.97 Å². The first-order chi connectivity index (χ1) is 10.6. The van der Waals surface area contributed by atoms with Gasteiger partial charge in [0.15, 0.2) is 6.29 Å². The number of esters is 1. The highest BCUT2D eigenvalue weighted by molar-refractivity contribution is 6.04. The van der Waals surface area contributed by atoms with Crippen LogP contribution < -0.4 is 4.90 Å². The Morgan fingerprint density at radius 2 is 1.91 bits per heavy atom. The predicted octanol–water partition coefficient (Wildman–Crippen LogP) is 2.55. The van der Waals surface area contributed by atoms with Crippen molar-refractivity contribution >= 4 is 23.6 Å². The van der Waals surface area contributed by atoms with Gasteiger partial charge in [-0.3, -0.25) is 4.79 Å². The Balaban J connectivity index is 2.50. The van der Waals surface area contributed by atoms with Gasteiger partial charge in [0.2, 0.25) is 0 Å². The van der Waals surface area contributed by atoms with Crippen LogP contribution in [0.15, 0.2) is 42.5 Å². The fraction of sp³-hybridized carbons (Fsp3) is 0.176. The minimum Gasteiger partial charge on any atom is -0.465 e. The molecule has 0 amide bonds. The molecular weight excluding hydrogens is 282 g/mol. The summed E-state index contributed by atoms with van der Waals surface area (Å²) >= 11 is 0. The number of anilines is 2. The van der Waals surface area contributed by atoms with E-state index in [0.29, 0.717) is 12.0 Å². The third-order valence-electron chi connectivity index (χ3n) is 3.46. The Kier molecular flexibility index (Phi) is 4.91. The largest absolute Gasteiger partial charge is 0.465 e. The lowest BCUT2D eigenvalue weighted by Crippen LogP contribution is -2.16. The van der Waals surface area contributed by atoms with Crippen molar-refractivity contribution in [3.63, 3.8) is 0 Å². The van der Waals surface area contributed by atoms with Gasteiger partial charge in [-0.2, -0.15) is 0 Å². The van der Waals surface area contributed by atoms with Gasteiger partial charge in [0.25, 0.3) is 0 Å². The second-order valence-electron chi connectivity index (χ2n) is 4.73.